The van der Waals surface area contributed by atoms with E-state index < -0.39 is 0 Å². The highest BCUT2D eigenvalue weighted by atomic mass is 16.5. The largest absolute Gasteiger partial charge is 0.497 e. The Labute approximate surface area is 115 Å². The fourth-order valence-electron chi connectivity index (χ4n) is 1.52. The second kappa shape index (κ2) is 7.14. The summed E-state index contributed by atoms with van der Waals surface area (Å²) in [5.41, 5.74) is 1.00. The summed E-state index contributed by atoms with van der Waals surface area (Å²) in [6.07, 6.45) is 1.08. The molecule has 0 saturated heterocycles. The molecule has 0 aliphatic rings. The van der Waals surface area contributed by atoms with E-state index in [0.717, 1.165) is 24.4 Å². The van der Waals surface area contributed by atoms with Crippen molar-refractivity contribution in [3.8, 4) is 5.75 Å². The van der Waals surface area contributed by atoms with E-state index >= 15 is 0 Å². The molecule has 1 aromatic rings. The molecule has 0 atom stereocenters. The van der Waals surface area contributed by atoms with Crippen LogP contribution in [-0.4, -0.2) is 26.1 Å². The molecule has 4 nitrogen and oxygen atoms in total. The van der Waals surface area contributed by atoms with Gasteiger partial charge in [0.25, 0.3) is 0 Å². The number of methoxy groups -OCH3 is 1. The van der Waals surface area contributed by atoms with Crippen LogP contribution in [0.2, 0.25) is 0 Å². The summed E-state index contributed by atoms with van der Waals surface area (Å²) in [5, 5.41) is 6.02. The van der Waals surface area contributed by atoms with Crippen LogP contribution in [0.5, 0.6) is 5.75 Å². The van der Waals surface area contributed by atoms with E-state index in [1.54, 1.807) is 7.11 Å². The maximum absolute atomic E-state index is 11.7. The molecule has 1 amide bonds. The average Bonchev–Trinajstić information content (AvgIpc) is 2.39. The lowest BCUT2D eigenvalue weighted by Gasteiger charge is -2.22. The molecule has 1 aromatic carbocycles. The third-order valence-electron chi connectivity index (χ3n) is 3.22. The summed E-state index contributed by atoms with van der Waals surface area (Å²) in [5.74, 6) is 0.748. The third kappa shape index (κ3) is 5.75. The maximum atomic E-state index is 11.7. The van der Waals surface area contributed by atoms with Gasteiger partial charge < -0.3 is 15.4 Å². The van der Waals surface area contributed by atoms with Gasteiger partial charge in [-0.2, -0.15) is 0 Å². The Morgan fingerprint density at radius 1 is 1.26 bits per heavy atom. The highest BCUT2D eigenvalue weighted by Crippen LogP contribution is 2.17. The van der Waals surface area contributed by atoms with E-state index in [-0.39, 0.29) is 11.3 Å². The quantitative estimate of drug-likeness (QED) is 0.796. The first-order valence-corrected chi connectivity index (χ1v) is 6.61. The van der Waals surface area contributed by atoms with Crippen LogP contribution >= 0.6 is 0 Å². The van der Waals surface area contributed by atoms with E-state index in [1.165, 1.54) is 0 Å². The molecule has 0 unspecified atom stereocenters. The Kier molecular flexibility index (Phi) is 5.83. The van der Waals surface area contributed by atoms with E-state index in [2.05, 4.69) is 31.4 Å². The zero-order chi connectivity index (χ0) is 14.3. The van der Waals surface area contributed by atoms with Gasteiger partial charge in [-0.25, -0.2) is 0 Å². The predicted molar refractivity (Wildman–Crippen MR) is 78.6 cm³/mol. The van der Waals surface area contributed by atoms with Crippen molar-refractivity contribution >= 4 is 11.6 Å². The molecule has 0 bridgehead atoms. The molecular formula is C15H24N2O2. The average molecular weight is 264 g/mol. The number of hydrogen-bond donors (Lipinski definition) is 2. The number of ether oxygens (including phenoxy) is 1. The van der Waals surface area contributed by atoms with Crippen LogP contribution in [0, 0.1) is 5.41 Å². The zero-order valence-electron chi connectivity index (χ0n) is 12.2. The van der Waals surface area contributed by atoms with Crippen molar-refractivity contribution in [1.82, 2.24) is 5.32 Å². The standard InChI is InChI=1S/C15H24N2O2/c1-5-15(2,3)11-16-10-14(18)17-12-6-8-13(19-4)9-7-12/h6-9,16H,5,10-11H2,1-4H3,(H,17,18). The summed E-state index contributed by atoms with van der Waals surface area (Å²) in [7, 11) is 1.62. The monoisotopic (exact) mass is 264 g/mol. The SMILES string of the molecule is CCC(C)(C)CNCC(=O)Nc1ccc(OC)cc1. The topological polar surface area (TPSA) is 50.4 Å². The van der Waals surface area contributed by atoms with Gasteiger partial charge >= 0.3 is 0 Å². The molecule has 19 heavy (non-hydrogen) atoms. The van der Waals surface area contributed by atoms with Gasteiger partial charge in [0.2, 0.25) is 5.91 Å². The molecular weight excluding hydrogens is 240 g/mol. The molecule has 0 aliphatic carbocycles. The van der Waals surface area contributed by atoms with Crippen molar-refractivity contribution in [2.75, 3.05) is 25.5 Å². The number of nitrogens with one attached hydrogen (secondary N) is 2. The van der Waals surface area contributed by atoms with Crippen LogP contribution in [-0.2, 0) is 4.79 Å². The Morgan fingerprint density at radius 3 is 2.42 bits per heavy atom. The molecule has 106 valence electrons. The fourth-order valence-corrected chi connectivity index (χ4v) is 1.52. The highest BCUT2D eigenvalue weighted by Gasteiger charge is 2.14. The minimum absolute atomic E-state index is 0.0305. The fraction of sp³-hybridized carbons (Fsp3) is 0.533. The lowest BCUT2D eigenvalue weighted by molar-refractivity contribution is -0.115. The van der Waals surface area contributed by atoms with Gasteiger partial charge in [0, 0.05) is 12.2 Å². The zero-order valence-corrected chi connectivity index (χ0v) is 12.2. The smallest absolute Gasteiger partial charge is 0.238 e. The van der Waals surface area contributed by atoms with Crippen LogP contribution in [0.4, 0.5) is 5.69 Å². The summed E-state index contributed by atoms with van der Waals surface area (Å²) in [4.78, 5) is 11.7. The van der Waals surface area contributed by atoms with Crippen molar-refractivity contribution in [3.05, 3.63) is 24.3 Å². The van der Waals surface area contributed by atoms with Crippen molar-refractivity contribution in [2.24, 2.45) is 5.41 Å². The number of benzene rings is 1. The first-order valence-electron chi connectivity index (χ1n) is 6.61. The molecule has 0 spiro atoms. The van der Waals surface area contributed by atoms with E-state index in [9.17, 15) is 4.79 Å². The van der Waals surface area contributed by atoms with Gasteiger partial charge in [0.15, 0.2) is 0 Å². The van der Waals surface area contributed by atoms with E-state index in [0.29, 0.717) is 6.54 Å². The Hall–Kier alpha value is -1.55. The normalized spacial score (nSPS) is 11.2. The summed E-state index contributed by atoms with van der Waals surface area (Å²) >= 11 is 0. The summed E-state index contributed by atoms with van der Waals surface area (Å²) < 4.78 is 5.06. The van der Waals surface area contributed by atoms with Crippen molar-refractivity contribution in [1.29, 1.82) is 0 Å². The molecule has 2 N–H and O–H groups in total. The molecule has 0 aliphatic heterocycles. The molecule has 4 heteroatoms. The molecule has 0 aromatic heterocycles. The lowest BCUT2D eigenvalue weighted by atomic mass is 9.90. The first-order chi connectivity index (χ1) is 8.96. The minimum atomic E-state index is -0.0305. The summed E-state index contributed by atoms with van der Waals surface area (Å²) in [6.45, 7) is 7.68. The number of carbonyl (C=O) groups is 1. The molecule has 0 heterocycles. The van der Waals surface area contributed by atoms with Gasteiger partial charge in [-0.15, -0.1) is 0 Å². The molecule has 0 saturated carbocycles. The van der Waals surface area contributed by atoms with Crippen LogP contribution < -0.4 is 15.4 Å². The number of carbonyl (C=O) groups excluding carboxylic acids is 1. The number of hydrogen-bond acceptors (Lipinski definition) is 3. The first kappa shape index (κ1) is 15.5. The molecule has 1 rings (SSSR count). The minimum Gasteiger partial charge on any atom is -0.497 e. The Bertz CT molecular complexity index is 399. The van der Waals surface area contributed by atoms with Crippen LogP contribution in [0.15, 0.2) is 24.3 Å². The van der Waals surface area contributed by atoms with Gasteiger partial charge in [0.05, 0.1) is 13.7 Å². The van der Waals surface area contributed by atoms with Crippen molar-refractivity contribution < 1.29 is 9.53 Å². The number of amides is 1. The Morgan fingerprint density at radius 2 is 1.89 bits per heavy atom. The highest BCUT2D eigenvalue weighted by molar-refractivity contribution is 5.92. The van der Waals surface area contributed by atoms with Gasteiger partial charge in [-0.1, -0.05) is 20.8 Å². The van der Waals surface area contributed by atoms with Crippen LogP contribution in [0.3, 0.4) is 0 Å². The second-order valence-electron chi connectivity index (χ2n) is 5.40. The maximum Gasteiger partial charge on any atom is 0.238 e. The third-order valence-corrected chi connectivity index (χ3v) is 3.22. The van der Waals surface area contributed by atoms with Crippen molar-refractivity contribution in [3.63, 3.8) is 0 Å². The predicted octanol–water partition coefficient (Wildman–Crippen LogP) is 2.66. The van der Waals surface area contributed by atoms with Crippen LogP contribution in [0.1, 0.15) is 27.2 Å². The van der Waals surface area contributed by atoms with Gasteiger partial charge in [0.1, 0.15) is 5.75 Å². The number of rotatable bonds is 7. The lowest BCUT2D eigenvalue weighted by Crippen LogP contribution is -2.34. The van der Waals surface area contributed by atoms with Gasteiger partial charge in [-0.3, -0.25) is 4.79 Å². The van der Waals surface area contributed by atoms with E-state index in [1.807, 2.05) is 24.3 Å². The summed E-state index contributed by atoms with van der Waals surface area (Å²) in [6, 6.07) is 7.30. The molecule has 0 radical (unpaired) electrons. The van der Waals surface area contributed by atoms with Crippen molar-refractivity contribution in [2.45, 2.75) is 27.2 Å². The number of anilines is 1. The van der Waals surface area contributed by atoms with E-state index in [4.69, 9.17) is 4.74 Å². The second-order valence-corrected chi connectivity index (χ2v) is 5.40. The Balaban J connectivity index is 2.34. The van der Waals surface area contributed by atoms with Gasteiger partial charge in [-0.05, 0) is 36.1 Å². The van der Waals surface area contributed by atoms with Crippen LogP contribution in [0.25, 0.3) is 0 Å². The molecule has 0 fully saturated rings.